The molecule has 0 radical (unpaired) electrons. The average Bonchev–Trinajstić information content (AvgIpc) is 2.46. The van der Waals surface area contributed by atoms with Crippen molar-refractivity contribution >= 4 is 10.8 Å². The van der Waals surface area contributed by atoms with Crippen molar-refractivity contribution < 1.29 is 4.39 Å². The van der Waals surface area contributed by atoms with Gasteiger partial charge in [-0.05, 0) is 40.3 Å². The lowest BCUT2D eigenvalue weighted by atomic mass is 9.95. The highest BCUT2D eigenvalue weighted by Gasteiger charge is 2.09. The summed E-state index contributed by atoms with van der Waals surface area (Å²) in [4.78, 5) is 4.11. The van der Waals surface area contributed by atoms with E-state index in [1.165, 1.54) is 12.1 Å². The average molecular weight is 252 g/mol. The Morgan fingerprint density at radius 2 is 1.95 bits per heavy atom. The Balaban J connectivity index is 2.33. The molecule has 0 aliphatic rings. The van der Waals surface area contributed by atoms with Crippen LogP contribution in [0.1, 0.15) is 5.56 Å². The number of hydrogen-bond donors (Lipinski definition) is 1. The van der Waals surface area contributed by atoms with E-state index in [4.69, 9.17) is 5.73 Å². The quantitative estimate of drug-likeness (QED) is 0.758. The molecule has 0 fully saturated rings. The Bertz CT molecular complexity index is 732. The van der Waals surface area contributed by atoms with Crippen LogP contribution in [0.5, 0.6) is 0 Å². The van der Waals surface area contributed by atoms with Crippen LogP contribution in [0.2, 0.25) is 0 Å². The van der Waals surface area contributed by atoms with Gasteiger partial charge < -0.3 is 5.73 Å². The number of benzene rings is 2. The van der Waals surface area contributed by atoms with E-state index >= 15 is 0 Å². The topological polar surface area (TPSA) is 38.9 Å². The van der Waals surface area contributed by atoms with E-state index < -0.39 is 0 Å². The van der Waals surface area contributed by atoms with Gasteiger partial charge in [0.2, 0.25) is 0 Å². The molecule has 2 nitrogen and oxygen atoms in total. The van der Waals surface area contributed by atoms with Gasteiger partial charge in [-0.25, -0.2) is 4.39 Å². The van der Waals surface area contributed by atoms with Gasteiger partial charge in [-0.3, -0.25) is 4.98 Å². The summed E-state index contributed by atoms with van der Waals surface area (Å²) in [6.45, 7) is 0.386. The molecule has 3 aromatic rings. The van der Waals surface area contributed by atoms with E-state index in [1.54, 1.807) is 18.5 Å². The van der Waals surface area contributed by atoms with Crippen molar-refractivity contribution in [3.63, 3.8) is 0 Å². The number of aromatic nitrogens is 1. The highest BCUT2D eigenvalue weighted by Crippen LogP contribution is 2.31. The van der Waals surface area contributed by atoms with Gasteiger partial charge in [0, 0.05) is 24.3 Å². The maximum atomic E-state index is 13.5. The lowest BCUT2D eigenvalue weighted by Gasteiger charge is -2.11. The Morgan fingerprint density at radius 1 is 1.05 bits per heavy atom. The minimum atomic E-state index is -0.252. The van der Waals surface area contributed by atoms with E-state index in [0.29, 0.717) is 6.54 Å². The van der Waals surface area contributed by atoms with Crippen molar-refractivity contribution in [1.29, 1.82) is 0 Å². The van der Waals surface area contributed by atoms with Gasteiger partial charge >= 0.3 is 0 Å². The standard InChI is InChI=1S/C16H13FN2/c17-13-5-4-11(9-18)16(8-13)15-3-1-2-12-10-19-7-6-14(12)15/h1-8,10H,9,18H2. The second-order valence-electron chi connectivity index (χ2n) is 4.41. The van der Waals surface area contributed by atoms with Crippen LogP contribution in [0.4, 0.5) is 4.39 Å². The van der Waals surface area contributed by atoms with Crippen LogP contribution in [0.3, 0.4) is 0 Å². The van der Waals surface area contributed by atoms with Crippen molar-refractivity contribution in [3.05, 3.63) is 66.2 Å². The highest BCUT2D eigenvalue weighted by atomic mass is 19.1. The van der Waals surface area contributed by atoms with Crippen molar-refractivity contribution in [2.45, 2.75) is 6.54 Å². The maximum absolute atomic E-state index is 13.5. The van der Waals surface area contributed by atoms with Gasteiger partial charge in [-0.15, -0.1) is 0 Å². The van der Waals surface area contributed by atoms with Crippen LogP contribution in [0.15, 0.2) is 54.9 Å². The molecule has 0 spiro atoms. The summed E-state index contributed by atoms with van der Waals surface area (Å²) in [5.74, 6) is -0.252. The largest absolute Gasteiger partial charge is 0.326 e. The third-order valence-electron chi connectivity index (χ3n) is 3.26. The Morgan fingerprint density at radius 3 is 2.79 bits per heavy atom. The number of nitrogens with two attached hydrogens (primary N) is 1. The van der Waals surface area contributed by atoms with Gasteiger partial charge in [-0.2, -0.15) is 0 Å². The molecule has 19 heavy (non-hydrogen) atoms. The van der Waals surface area contributed by atoms with E-state index in [1.807, 2.05) is 24.3 Å². The minimum Gasteiger partial charge on any atom is -0.326 e. The first-order valence-electron chi connectivity index (χ1n) is 6.11. The maximum Gasteiger partial charge on any atom is 0.123 e. The lowest BCUT2D eigenvalue weighted by molar-refractivity contribution is 0.627. The Hall–Kier alpha value is -2.26. The van der Waals surface area contributed by atoms with Crippen LogP contribution >= 0.6 is 0 Å². The van der Waals surface area contributed by atoms with Crippen LogP contribution in [0, 0.1) is 5.82 Å². The van der Waals surface area contributed by atoms with E-state index in [-0.39, 0.29) is 5.82 Å². The SMILES string of the molecule is NCc1ccc(F)cc1-c1cccc2cnccc12. The minimum absolute atomic E-state index is 0.252. The van der Waals surface area contributed by atoms with E-state index in [2.05, 4.69) is 4.98 Å². The molecule has 2 aromatic carbocycles. The molecule has 3 rings (SSSR count). The van der Waals surface area contributed by atoms with Crippen molar-refractivity contribution in [1.82, 2.24) is 4.98 Å². The first-order chi connectivity index (χ1) is 9.29. The number of halogens is 1. The molecule has 0 amide bonds. The zero-order valence-electron chi connectivity index (χ0n) is 10.3. The van der Waals surface area contributed by atoms with Crippen molar-refractivity contribution in [2.24, 2.45) is 5.73 Å². The molecule has 0 saturated heterocycles. The molecule has 0 bridgehead atoms. The predicted molar refractivity (Wildman–Crippen MR) is 75.0 cm³/mol. The first kappa shape index (κ1) is 11.8. The third kappa shape index (κ3) is 2.09. The molecular weight excluding hydrogens is 239 g/mol. The van der Waals surface area contributed by atoms with Crippen LogP contribution in [0.25, 0.3) is 21.9 Å². The predicted octanol–water partition coefficient (Wildman–Crippen LogP) is 3.50. The second-order valence-corrected chi connectivity index (χ2v) is 4.41. The van der Waals surface area contributed by atoms with Gasteiger partial charge in [0.15, 0.2) is 0 Å². The lowest BCUT2D eigenvalue weighted by Crippen LogP contribution is -1.99. The first-order valence-corrected chi connectivity index (χ1v) is 6.11. The summed E-state index contributed by atoms with van der Waals surface area (Å²) in [6, 6.07) is 12.6. The van der Waals surface area contributed by atoms with Gasteiger partial charge in [0.05, 0.1) is 0 Å². The summed E-state index contributed by atoms with van der Waals surface area (Å²) in [5, 5.41) is 2.09. The number of pyridine rings is 1. The van der Waals surface area contributed by atoms with Gasteiger partial charge in [0.25, 0.3) is 0 Å². The molecule has 0 unspecified atom stereocenters. The van der Waals surface area contributed by atoms with E-state index in [0.717, 1.165) is 27.5 Å². The highest BCUT2D eigenvalue weighted by molar-refractivity contribution is 5.96. The summed E-state index contributed by atoms with van der Waals surface area (Å²) in [5.41, 5.74) is 8.52. The van der Waals surface area contributed by atoms with Crippen LogP contribution in [-0.4, -0.2) is 4.98 Å². The number of nitrogens with zero attached hydrogens (tertiary/aromatic N) is 1. The summed E-state index contributed by atoms with van der Waals surface area (Å²) in [7, 11) is 0. The van der Waals surface area contributed by atoms with Crippen LogP contribution < -0.4 is 5.73 Å². The van der Waals surface area contributed by atoms with E-state index in [9.17, 15) is 4.39 Å². The normalized spacial score (nSPS) is 10.8. The molecule has 3 heteroatoms. The number of fused-ring (bicyclic) bond motifs is 1. The third-order valence-corrected chi connectivity index (χ3v) is 3.26. The van der Waals surface area contributed by atoms with Crippen LogP contribution in [-0.2, 0) is 6.54 Å². The molecule has 1 aromatic heterocycles. The summed E-state index contributed by atoms with van der Waals surface area (Å²) >= 11 is 0. The zero-order chi connectivity index (χ0) is 13.2. The zero-order valence-corrected chi connectivity index (χ0v) is 10.3. The second kappa shape index (κ2) is 4.78. The molecule has 0 saturated carbocycles. The molecule has 0 aliphatic heterocycles. The number of hydrogen-bond acceptors (Lipinski definition) is 2. The van der Waals surface area contributed by atoms with Gasteiger partial charge in [-0.1, -0.05) is 24.3 Å². The molecule has 2 N–H and O–H groups in total. The Labute approximate surface area is 110 Å². The molecular formula is C16H13FN2. The van der Waals surface area contributed by atoms with Crippen molar-refractivity contribution in [3.8, 4) is 11.1 Å². The fourth-order valence-corrected chi connectivity index (χ4v) is 2.33. The monoisotopic (exact) mass is 252 g/mol. The van der Waals surface area contributed by atoms with Crippen molar-refractivity contribution in [2.75, 3.05) is 0 Å². The fraction of sp³-hybridized carbons (Fsp3) is 0.0625. The van der Waals surface area contributed by atoms with Gasteiger partial charge in [0.1, 0.15) is 5.82 Å². The molecule has 94 valence electrons. The fourth-order valence-electron chi connectivity index (χ4n) is 2.33. The molecule has 0 atom stereocenters. The number of rotatable bonds is 2. The molecule has 0 aliphatic carbocycles. The molecule has 1 heterocycles. The smallest absolute Gasteiger partial charge is 0.123 e. The summed E-state index contributed by atoms with van der Waals surface area (Å²) in [6.07, 6.45) is 3.55. The Kier molecular flexibility index (Phi) is 2.97. The summed E-state index contributed by atoms with van der Waals surface area (Å²) < 4.78 is 13.5.